The molecule has 0 spiro atoms. The molecule has 0 aliphatic carbocycles. The lowest BCUT2D eigenvalue weighted by molar-refractivity contribution is -0.123. The lowest BCUT2D eigenvalue weighted by Gasteiger charge is -2.25. The maximum absolute atomic E-state index is 12.5. The number of anilines is 2. The van der Waals surface area contributed by atoms with Crippen molar-refractivity contribution in [2.75, 3.05) is 36.4 Å². The Balaban J connectivity index is 1.78. The molecule has 2 aliphatic heterocycles. The highest BCUT2D eigenvalue weighted by Gasteiger charge is 2.36. The predicted molar refractivity (Wildman–Crippen MR) is 82.1 cm³/mol. The van der Waals surface area contributed by atoms with E-state index in [9.17, 15) is 4.79 Å². The average molecular weight is 273 g/mol. The molecule has 0 radical (unpaired) electrons. The summed E-state index contributed by atoms with van der Waals surface area (Å²) in [6.45, 7) is 5.92. The van der Waals surface area contributed by atoms with Gasteiger partial charge in [0.25, 0.3) is 0 Å². The Morgan fingerprint density at radius 1 is 1.30 bits per heavy atom. The first-order valence-electron chi connectivity index (χ1n) is 7.55. The number of hydrogen-bond acceptors (Lipinski definition) is 3. The number of carbonyl (C=O) groups excluding carboxylic acids is 1. The second-order valence-corrected chi connectivity index (χ2v) is 6.15. The van der Waals surface area contributed by atoms with E-state index < -0.39 is 0 Å². The fourth-order valence-electron chi connectivity index (χ4n) is 3.10. The highest BCUT2D eigenvalue weighted by atomic mass is 16.2. The van der Waals surface area contributed by atoms with Crippen LogP contribution in [0.5, 0.6) is 0 Å². The Hall–Kier alpha value is -1.55. The molecule has 1 aromatic rings. The number of para-hydroxylation sites is 2. The molecule has 1 amide bonds. The maximum atomic E-state index is 12.5. The summed E-state index contributed by atoms with van der Waals surface area (Å²) >= 11 is 0. The van der Waals surface area contributed by atoms with E-state index in [4.69, 9.17) is 0 Å². The van der Waals surface area contributed by atoms with Crippen LogP contribution in [0.15, 0.2) is 24.3 Å². The van der Waals surface area contributed by atoms with Gasteiger partial charge in [-0.25, -0.2) is 0 Å². The van der Waals surface area contributed by atoms with E-state index in [1.807, 2.05) is 25.1 Å². The number of amides is 1. The van der Waals surface area contributed by atoms with Crippen LogP contribution < -0.4 is 15.5 Å². The molecule has 2 heterocycles. The summed E-state index contributed by atoms with van der Waals surface area (Å²) in [5.41, 5.74) is 1.83. The largest absolute Gasteiger partial charge is 0.370 e. The zero-order chi connectivity index (χ0) is 14.0. The van der Waals surface area contributed by atoms with Gasteiger partial charge in [0.1, 0.15) is 0 Å². The minimum Gasteiger partial charge on any atom is -0.370 e. The fourth-order valence-corrected chi connectivity index (χ4v) is 3.10. The predicted octanol–water partition coefficient (Wildman–Crippen LogP) is 2.22. The standard InChI is InChI=1S/C16H23N3O/c1-16(8-9-17-12-16)15(20)18-13-6-2-3-7-14(13)19-10-4-5-11-19/h2-3,6-7,17H,4-5,8-12H2,1H3,(H,18,20). The van der Waals surface area contributed by atoms with E-state index in [0.717, 1.165) is 44.0 Å². The van der Waals surface area contributed by atoms with Crippen molar-refractivity contribution in [3.63, 3.8) is 0 Å². The van der Waals surface area contributed by atoms with Crippen LogP contribution in [0.1, 0.15) is 26.2 Å². The van der Waals surface area contributed by atoms with Gasteiger partial charge >= 0.3 is 0 Å². The minimum absolute atomic E-state index is 0.133. The quantitative estimate of drug-likeness (QED) is 0.887. The summed E-state index contributed by atoms with van der Waals surface area (Å²) in [5.74, 6) is 0.133. The zero-order valence-electron chi connectivity index (χ0n) is 12.1. The summed E-state index contributed by atoms with van der Waals surface area (Å²) in [5, 5.41) is 6.43. The SMILES string of the molecule is CC1(C(=O)Nc2ccccc2N2CCCC2)CCNC1. The van der Waals surface area contributed by atoms with Gasteiger partial charge in [-0.2, -0.15) is 0 Å². The van der Waals surface area contributed by atoms with Gasteiger partial charge in [-0.1, -0.05) is 12.1 Å². The molecule has 2 saturated heterocycles. The zero-order valence-corrected chi connectivity index (χ0v) is 12.1. The number of carbonyl (C=O) groups is 1. The van der Waals surface area contributed by atoms with E-state index in [1.54, 1.807) is 0 Å². The Labute approximate surface area is 120 Å². The molecule has 2 aliphatic rings. The molecule has 4 heteroatoms. The van der Waals surface area contributed by atoms with Gasteiger partial charge in [-0.15, -0.1) is 0 Å². The van der Waals surface area contributed by atoms with Crippen molar-refractivity contribution in [3.8, 4) is 0 Å². The van der Waals surface area contributed by atoms with Crippen LogP contribution in [-0.4, -0.2) is 32.1 Å². The van der Waals surface area contributed by atoms with E-state index in [-0.39, 0.29) is 11.3 Å². The second kappa shape index (κ2) is 5.44. The number of hydrogen-bond donors (Lipinski definition) is 2. The van der Waals surface area contributed by atoms with E-state index in [2.05, 4.69) is 21.6 Å². The van der Waals surface area contributed by atoms with Crippen LogP contribution >= 0.6 is 0 Å². The normalized spacial score (nSPS) is 25.9. The molecule has 2 fully saturated rings. The fraction of sp³-hybridized carbons (Fsp3) is 0.562. The molecule has 20 heavy (non-hydrogen) atoms. The first-order valence-corrected chi connectivity index (χ1v) is 7.55. The van der Waals surface area contributed by atoms with Gasteiger partial charge in [-0.05, 0) is 44.9 Å². The monoisotopic (exact) mass is 273 g/mol. The van der Waals surface area contributed by atoms with Crippen LogP contribution in [0.4, 0.5) is 11.4 Å². The smallest absolute Gasteiger partial charge is 0.231 e. The van der Waals surface area contributed by atoms with Crippen LogP contribution in [0.25, 0.3) is 0 Å². The topological polar surface area (TPSA) is 44.4 Å². The lowest BCUT2D eigenvalue weighted by atomic mass is 9.88. The summed E-state index contributed by atoms with van der Waals surface area (Å²) in [6.07, 6.45) is 3.39. The molecular formula is C16H23N3O. The van der Waals surface area contributed by atoms with Crippen molar-refractivity contribution >= 4 is 17.3 Å². The van der Waals surface area contributed by atoms with E-state index in [0.29, 0.717) is 0 Å². The number of nitrogens with one attached hydrogen (secondary N) is 2. The molecule has 1 atom stereocenters. The number of nitrogens with zero attached hydrogens (tertiary/aromatic N) is 1. The van der Waals surface area contributed by atoms with Crippen molar-refractivity contribution in [2.24, 2.45) is 5.41 Å². The van der Waals surface area contributed by atoms with Gasteiger partial charge in [0.15, 0.2) is 0 Å². The Morgan fingerprint density at radius 3 is 2.75 bits per heavy atom. The van der Waals surface area contributed by atoms with Crippen molar-refractivity contribution in [1.82, 2.24) is 5.32 Å². The van der Waals surface area contributed by atoms with Crippen molar-refractivity contribution in [2.45, 2.75) is 26.2 Å². The summed E-state index contributed by atoms with van der Waals surface area (Å²) in [4.78, 5) is 14.9. The van der Waals surface area contributed by atoms with E-state index >= 15 is 0 Å². The molecule has 0 saturated carbocycles. The highest BCUT2D eigenvalue weighted by Crippen LogP contribution is 2.31. The van der Waals surface area contributed by atoms with Crippen molar-refractivity contribution in [1.29, 1.82) is 0 Å². The third-order valence-corrected chi connectivity index (χ3v) is 4.52. The number of benzene rings is 1. The number of rotatable bonds is 3. The second-order valence-electron chi connectivity index (χ2n) is 6.15. The average Bonchev–Trinajstić information content (AvgIpc) is 3.11. The minimum atomic E-state index is -0.280. The third kappa shape index (κ3) is 2.52. The third-order valence-electron chi connectivity index (χ3n) is 4.52. The van der Waals surface area contributed by atoms with E-state index in [1.165, 1.54) is 12.8 Å². The molecule has 3 rings (SSSR count). The van der Waals surface area contributed by atoms with Gasteiger partial charge in [-0.3, -0.25) is 4.79 Å². The Kier molecular flexibility index (Phi) is 3.66. The lowest BCUT2D eigenvalue weighted by Crippen LogP contribution is -2.35. The molecular weight excluding hydrogens is 250 g/mol. The summed E-state index contributed by atoms with van der Waals surface area (Å²) < 4.78 is 0. The molecule has 4 nitrogen and oxygen atoms in total. The summed E-state index contributed by atoms with van der Waals surface area (Å²) in [6, 6.07) is 8.15. The first kappa shape index (κ1) is 13.4. The molecule has 1 aromatic carbocycles. The summed E-state index contributed by atoms with van der Waals surface area (Å²) in [7, 11) is 0. The molecule has 0 aromatic heterocycles. The molecule has 0 bridgehead atoms. The van der Waals surface area contributed by atoms with Gasteiger partial charge in [0.2, 0.25) is 5.91 Å². The van der Waals surface area contributed by atoms with Crippen molar-refractivity contribution in [3.05, 3.63) is 24.3 Å². The Bertz CT molecular complexity index is 488. The highest BCUT2D eigenvalue weighted by molar-refractivity contribution is 5.98. The maximum Gasteiger partial charge on any atom is 0.231 e. The van der Waals surface area contributed by atoms with Gasteiger partial charge in [0, 0.05) is 19.6 Å². The van der Waals surface area contributed by atoms with Crippen LogP contribution in [0, 0.1) is 5.41 Å². The molecule has 2 N–H and O–H groups in total. The van der Waals surface area contributed by atoms with Gasteiger partial charge in [0.05, 0.1) is 16.8 Å². The van der Waals surface area contributed by atoms with Gasteiger partial charge < -0.3 is 15.5 Å². The molecule has 108 valence electrons. The van der Waals surface area contributed by atoms with Crippen LogP contribution in [-0.2, 0) is 4.79 Å². The van der Waals surface area contributed by atoms with Crippen LogP contribution in [0.2, 0.25) is 0 Å². The van der Waals surface area contributed by atoms with Crippen molar-refractivity contribution < 1.29 is 4.79 Å². The van der Waals surface area contributed by atoms with Crippen LogP contribution in [0.3, 0.4) is 0 Å². The Morgan fingerprint density at radius 2 is 2.05 bits per heavy atom. The first-order chi connectivity index (χ1) is 9.69. The molecule has 1 unspecified atom stereocenters.